The molecule has 0 aliphatic carbocycles. The first kappa shape index (κ1) is 17.4. The number of hydrogen-bond acceptors (Lipinski definition) is 6. The fraction of sp³-hybridized carbons (Fsp3) is 0.429. The first-order chi connectivity index (χ1) is 10.1. The lowest BCUT2D eigenvalue weighted by Crippen LogP contribution is -2.28. The lowest BCUT2D eigenvalue weighted by atomic mass is 10.2. The molecular formula is C14H19N3O5. The van der Waals surface area contributed by atoms with E-state index in [2.05, 4.69) is 20.4 Å². The summed E-state index contributed by atoms with van der Waals surface area (Å²) in [6.45, 7) is 6.93. The van der Waals surface area contributed by atoms with Crippen LogP contribution in [0.25, 0.3) is 0 Å². The van der Waals surface area contributed by atoms with Crippen LogP contribution in [0, 0.1) is 6.92 Å². The third-order valence-corrected chi connectivity index (χ3v) is 2.33. The van der Waals surface area contributed by atoms with E-state index in [4.69, 9.17) is 4.74 Å². The van der Waals surface area contributed by atoms with E-state index in [1.54, 1.807) is 33.8 Å². The molecule has 8 heteroatoms. The lowest BCUT2D eigenvalue weighted by molar-refractivity contribution is -0.150. The van der Waals surface area contributed by atoms with Crippen molar-refractivity contribution < 1.29 is 23.9 Å². The van der Waals surface area contributed by atoms with E-state index in [1.165, 1.54) is 6.20 Å². The summed E-state index contributed by atoms with van der Waals surface area (Å²) in [7, 11) is 1.11. The highest BCUT2D eigenvalue weighted by molar-refractivity contribution is 6.37. The molecule has 0 aromatic carbocycles. The number of methoxy groups -OCH3 is 1. The molecule has 0 bridgehead atoms. The van der Waals surface area contributed by atoms with E-state index in [1.807, 2.05) is 0 Å². The standard InChI is InChI=1S/C14H19N3O5/c1-8-6-9(16-11(18)12(19)21-5)7-15-10(8)17-13(20)22-14(2,3)4/h6-7H,1-5H3,(H,16,18)(H,15,17,20). The van der Waals surface area contributed by atoms with Gasteiger partial charge in [-0.3, -0.25) is 10.1 Å². The summed E-state index contributed by atoms with van der Waals surface area (Å²) in [6, 6.07) is 1.56. The van der Waals surface area contributed by atoms with Crippen molar-refractivity contribution in [3.8, 4) is 0 Å². The molecule has 120 valence electrons. The van der Waals surface area contributed by atoms with Crippen molar-refractivity contribution in [2.24, 2.45) is 0 Å². The zero-order valence-corrected chi connectivity index (χ0v) is 13.1. The maximum atomic E-state index is 11.7. The largest absolute Gasteiger partial charge is 0.462 e. The third-order valence-electron chi connectivity index (χ3n) is 2.33. The van der Waals surface area contributed by atoms with Crippen LogP contribution >= 0.6 is 0 Å². The topological polar surface area (TPSA) is 107 Å². The summed E-state index contributed by atoms with van der Waals surface area (Å²) in [6.07, 6.45) is 0.676. The summed E-state index contributed by atoms with van der Waals surface area (Å²) >= 11 is 0. The quantitative estimate of drug-likeness (QED) is 0.638. The van der Waals surface area contributed by atoms with Gasteiger partial charge in [0.05, 0.1) is 19.0 Å². The van der Waals surface area contributed by atoms with Gasteiger partial charge in [0, 0.05) is 0 Å². The Morgan fingerprint density at radius 1 is 1.18 bits per heavy atom. The second-order valence-corrected chi connectivity index (χ2v) is 5.46. The van der Waals surface area contributed by atoms with Crippen molar-refractivity contribution in [3.05, 3.63) is 17.8 Å². The van der Waals surface area contributed by atoms with Crippen molar-refractivity contribution in [2.75, 3.05) is 17.7 Å². The van der Waals surface area contributed by atoms with E-state index in [0.29, 0.717) is 17.1 Å². The predicted molar refractivity (Wildman–Crippen MR) is 79.5 cm³/mol. The molecule has 0 unspecified atom stereocenters. The number of esters is 1. The molecule has 0 aliphatic heterocycles. The summed E-state index contributed by atoms with van der Waals surface area (Å²) in [5, 5.41) is 4.84. The molecule has 0 saturated heterocycles. The Kier molecular flexibility index (Phi) is 5.44. The van der Waals surface area contributed by atoms with Crippen molar-refractivity contribution in [2.45, 2.75) is 33.3 Å². The molecule has 1 aromatic heterocycles. The highest BCUT2D eigenvalue weighted by atomic mass is 16.6. The molecule has 8 nitrogen and oxygen atoms in total. The number of hydrogen-bond donors (Lipinski definition) is 2. The van der Waals surface area contributed by atoms with Crippen LogP contribution in [-0.4, -0.2) is 35.7 Å². The third kappa shape index (κ3) is 5.39. The predicted octanol–water partition coefficient (Wildman–Crippen LogP) is 1.85. The van der Waals surface area contributed by atoms with E-state index in [-0.39, 0.29) is 0 Å². The summed E-state index contributed by atoms with van der Waals surface area (Å²) in [4.78, 5) is 38.1. The Labute approximate surface area is 128 Å². The fourth-order valence-corrected chi connectivity index (χ4v) is 1.45. The van der Waals surface area contributed by atoms with Gasteiger partial charge < -0.3 is 14.8 Å². The Morgan fingerprint density at radius 2 is 1.82 bits per heavy atom. The average Bonchev–Trinajstić information content (AvgIpc) is 2.38. The SMILES string of the molecule is COC(=O)C(=O)Nc1cnc(NC(=O)OC(C)(C)C)c(C)c1. The maximum Gasteiger partial charge on any atom is 0.413 e. The van der Waals surface area contributed by atoms with Crippen molar-refractivity contribution in [1.29, 1.82) is 0 Å². The van der Waals surface area contributed by atoms with Crippen LogP contribution in [0.1, 0.15) is 26.3 Å². The molecule has 0 radical (unpaired) electrons. The van der Waals surface area contributed by atoms with E-state index in [9.17, 15) is 14.4 Å². The summed E-state index contributed by atoms with van der Waals surface area (Å²) < 4.78 is 9.41. The minimum absolute atomic E-state index is 0.297. The number of ether oxygens (including phenoxy) is 2. The van der Waals surface area contributed by atoms with Crippen LogP contribution in [-0.2, 0) is 19.1 Å². The Balaban J connectivity index is 2.76. The molecule has 0 fully saturated rings. The van der Waals surface area contributed by atoms with Gasteiger partial charge in [0.2, 0.25) is 0 Å². The normalized spacial score (nSPS) is 10.6. The number of aryl methyl sites for hydroxylation is 1. The van der Waals surface area contributed by atoms with Gasteiger partial charge in [0.25, 0.3) is 0 Å². The number of aromatic nitrogens is 1. The van der Waals surface area contributed by atoms with E-state index < -0.39 is 23.6 Å². The van der Waals surface area contributed by atoms with Crippen molar-refractivity contribution in [3.63, 3.8) is 0 Å². The molecule has 0 saturated carbocycles. The van der Waals surface area contributed by atoms with Crippen molar-refractivity contribution in [1.82, 2.24) is 4.98 Å². The van der Waals surface area contributed by atoms with Crippen LogP contribution < -0.4 is 10.6 Å². The average molecular weight is 309 g/mol. The Bertz CT molecular complexity index is 593. The second-order valence-electron chi connectivity index (χ2n) is 5.46. The van der Waals surface area contributed by atoms with Gasteiger partial charge in [0.1, 0.15) is 11.4 Å². The van der Waals surface area contributed by atoms with Crippen LogP contribution in [0.5, 0.6) is 0 Å². The molecule has 0 spiro atoms. The highest BCUT2D eigenvalue weighted by Gasteiger charge is 2.18. The summed E-state index contributed by atoms with van der Waals surface area (Å²) in [5.74, 6) is -1.62. The molecule has 2 amide bonds. The van der Waals surface area contributed by atoms with Crippen LogP contribution in [0.4, 0.5) is 16.3 Å². The monoisotopic (exact) mass is 309 g/mol. The lowest BCUT2D eigenvalue weighted by Gasteiger charge is -2.20. The van der Waals surface area contributed by atoms with Gasteiger partial charge in [0.15, 0.2) is 0 Å². The number of pyridine rings is 1. The van der Waals surface area contributed by atoms with Gasteiger partial charge in [-0.1, -0.05) is 0 Å². The number of amides is 2. The Hall–Kier alpha value is -2.64. The number of carbonyl (C=O) groups is 3. The number of anilines is 2. The molecule has 1 rings (SSSR count). The van der Waals surface area contributed by atoms with Gasteiger partial charge in [-0.15, -0.1) is 0 Å². The van der Waals surface area contributed by atoms with Crippen LogP contribution in [0.15, 0.2) is 12.3 Å². The zero-order valence-electron chi connectivity index (χ0n) is 13.1. The number of nitrogens with zero attached hydrogens (tertiary/aromatic N) is 1. The smallest absolute Gasteiger partial charge is 0.413 e. The molecular weight excluding hydrogens is 290 g/mol. The van der Waals surface area contributed by atoms with Gasteiger partial charge in [-0.2, -0.15) is 0 Å². The highest BCUT2D eigenvalue weighted by Crippen LogP contribution is 2.17. The first-order valence-electron chi connectivity index (χ1n) is 6.48. The van der Waals surface area contributed by atoms with Crippen molar-refractivity contribution >= 4 is 29.5 Å². The zero-order chi connectivity index (χ0) is 16.9. The summed E-state index contributed by atoms with van der Waals surface area (Å²) in [5.41, 5.74) is 0.281. The minimum Gasteiger partial charge on any atom is -0.462 e. The fourth-order valence-electron chi connectivity index (χ4n) is 1.45. The number of carbonyl (C=O) groups excluding carboxylic acids is 3. The van der Waals surface area contributed by atoms with Gasteiger partial charge in [-0.25, -0.2) is 14.6 Å². The van der Waals surface area contributed by atoms with E-state index >= 15 is 0 Å². The maximum absolute atomic E-state index is 11.7. The molecule has 0 atom stereocenters. The molecule has 0 aliphatic rings. The number of rotatable bonds is 2. The molecule has 22 heavy (non-hydrogen) atoms. The van der Waals surface area contributed by atoms with Crippen LogP contribution in [0.2, 0.25) is 0 Å². The molecule has 1 heterocycles. The van der Waals surface area contributed by atoms with Gasteiger partial charge >= 0.3 is 18.0 Å². The first-order valence-corrected chi connectivity index (χ1v) is 6.48. The molecule has 1 aromatic rings. The second kappa shape index (κ2) is 6.88. The minimum atomic E-state index is -1.01. The molecule has 2 N–H and O–H groups in total. The van der Waals surface area contributed by atoms with Crippen LogP contribution in [0.3, 0.4) is 0 Å². The Morgan fingerprint density at radius 3 is 2.32 bits per heavy atom. The van der Waals surface area contributed by atoms with E-state index in [0.717, 1.165) is 7.11 Å². The van der Waals surface area contributed by atoms with Gasteiger partial charge in [-0.05, 0) is 39.3 Å². The number of nitrogens with one attached hydrogen (secondary N) is 2.